The average Bonchev–Trinajstić information content (AvgIpc) is 3.03. The Bertz CT molecular complexity index is 710. The fourth-order valence-corrected chi connectivity index (χ4v) is 3.60. The summed E-state index contributed by atoms with van der Waals surface area (Å²) < 4.78 is 5.20. The van der Waals surface area contributed by atoms with E-state index in [2.05, 4.69) is 18.3 Å². The lowest BCUT2D eigenvalue weighted by Gasteiger charge is -2.31. The van der Waals surface area contributed by atoms with Gasteiger partial charge in [0.15, 0.2) is 0 Å². The molecule has 0 aliphatic heterocycles. The van der Waals surface area contributed by atoms with Crippen LogP contribution in [0.3, 0.4) is 0 Å². The number of aryl methyl sites for hydroxylation is 1. The first-order chi connectivity index (χ1) is 12.4. The quantitative estimate of drug-likeness (QED) is 0.735. The van der Waals surface area contributed by atoms with Gasteiger partial charge < -0.3 is 20.1 Å². The third-order valence-electron chi connectivity index (χ3n) is 4.25. The molecule has 0 fully saturated rings. The van der Waals surface area contributed by atoms with E-state index in [0.717, 1.165) is 16.2 Å². The van der Waals surface area contributed by atoms with E-state index < -0.39 is 5.54 Å². The predicted octanol–water partition coefficient (Wildman–Crippen LogP) is 3.89. The monoisotopic (exact) mass is 376 g/mol. The zero-order chi connectivity index (χ0) is 19.2. The first-order valence-corrected chi connectivity index (χ1v) is 9.55. The minimum atomic E-state index is -0.522. The Morgan fingerprint density at radius 2 is 1.92 bits per heavy atom. The van der Waals surface area contributed by atoms with Gasteiger partial charge in [0.2, 0.25) is 0 Å². The second kappa shape index (κ2) is 9.05. The summed E-state index contributed by atoms with van der Waals surface area (Å²) in [6.07, 6.45) is 0.556. The topological polar surface area (TPSA) is 61.8 Å². The Morgan fingerprint density at radius 1 is 1.23 bits per heavy atom. The van der Waals surface area contributed by atoms with Gasteiger partial charge >= 0.3 is 6.03 Å². The fourth-order valence-electron chi connectivity index (χ4n) is 2.70. The number of carbonyl (C=O) groups excluding carboxylic acids is 1. The number of ether oxygens (including phenoxy) is 1. The van der Waals surface area contributed by atoms with Gasteiger partial charge in [-0.25, -0.2) is 4.79 Å². The molecule has 2 aromatic rings. The van der Waals surface area contributed by atoms with Gasteiger partial charge in [-0.3, -0.25) is 0 Å². The lowest BCUT2D eigenvalue weighted by molar-refractivity contribution is 0.177. The highest BCUT2D eigenvalue weighted by molar-refractivity contribution is 7.11. The molecule has 2 N–H and O–H groups in total. The van der Waals surface area contributed by atoms with Crippen LogP contribution >= 0.6 is 11.3 Å². The SMILES string of the molecule is COc1ccc(C(C)(C)NC(=O)N(CCCO)Cc2ccc(C)s2)cc1. The van der Waals surface area contributed by atoms with Gasteiger partial charge in [-0.2, -0.15) is 0 Å². The van der Waals surface area contributed by atoms with Gasteiger partial charge in [-0.1, -0.05) is 12.1 Å². The molecule has 1 aromatic carbocycles. The van der Waals surface area contributed by atoms with E-state index in [1.54, 1.807) is 23.3 Å². The first-order valence-electron chi connectivity index (χ1n) is 8.73. The molecule has 2 rings (SSSR count). The number of hydrogen-bond donors (Lipinski definition) is 2. The van der Waals surface area contributed by atoms with Crippen LogP contribution in [0.25, 0.3) is 0 Å². The fraction of sp³-hybridized carbons (Fsp3) is 0.450. The Balaban J connectivity index is 2.10. The van der Waals surface area contributed by atoms with Gasteiger partial charge in [-0.05, 0) is 57.0 Å². The summed E-state index contributed by atoms with van der Waals surface area (Å²) in [7, 11) is 1.63. The molecule has 2 amide bonds. The lowest BCUT2D eigenvalue weighted by atomic mass is 9.94. The molecule has 0 aliphatic carbocycles. The molecule has 142 valence electrons. The Hall–Kier alpha value is -2.05. The molecule has 0 saturated heterocycles. The molecule has 1 aromatic heterocycles. The van der Waals surface area contributed by atoms with Gasteiger partial charge in [0.1, 0.15) is 5.75 Å². The number of benzene rings is 1. The van der Waals surface area contributed by atoms with Gasteiger partial charge in [0, 0.05) is 22.9 Å². The van der Waals surface area contributed by atoms with Crippen molar-refractivity contribution in [3.05, 3.63) is 51.7 Å². The van der Waals surface area contributed by atoms with E-state index in [-0.39, 0.29) is 12.6 Å². The van der Waals surface area contributed by atoms with Crippen LogP contribution in [0.4, 0.5) is 4.79 Å². The van der Waals surface area contributed by atoms with E-state index in [4.69, 9.17) is 9.84 Å². The number of aliphatic hydroxyl groups excluding tert-OH is 1. The zero-order valence-electron chi connectivity index (χ0n) is 15.9. The van der Waals surface area contributed by atoms with Crippen LogP contribution in [-0.4, -0.2) is 36.3 Å². The normalized spacial score (nSPS) is 11.3. The summed E-state index contributed by atoms with van der Waals surface area (Å²) in [6.45, 7) is 7.13. The van der Waals surface area contributed by atoms with Crippen LogP contribution < -0.4 is 10.1 Å². The average molecular weight is 377 g/mol. The molecule has 0 atom stereocenters. The smallest absolute Gasteiger partial charge is 0.318 e. The molecule has 26 heavy (non-hydrogen) atoms. The third-order valence-corrected chi connectivity index (χ3v) is 5.23. The number of methoxy groups -OCH3 is 1. The highest BCUT2D eigenvalue weighted by Crippen LogP contribution is 2.24. The van der Waals surface area contributed by atoms with Crippen molar-refractivity contribution in [3.63, 3.8) is 0 Å². The zero-order valence-corrected chi connectivity index (χ0v) is 16.7. The van der Waals surface area contributed by atoms with Crippen molar-refractivity contribution in [1.82, 2.24) is 10.2 Å². The number of thiophene rings is 1. The predicted molar refractivity (Wildman–Crippen MR) is 106 cm³/mol. The maximum absolute atomic E-state index is 12.9. The minimum Gasteiger partial charge on any atom is -0.497 e. The van der Waals surface area contributed by atoms with E-state index in [0.29, 0.717) is 19.5 Å². The number of rotatable bonds is 8. The standard InChI is InChI=1S/C20H28N2O3S/c1-15-6-11-18(26-15)14-22(12-5-13-23)19(24)21-20(2,3)16-7-9-17(25-4)10-8-16/h6-11,23H,5,12-14H2,1-4H3,(H,21,24). The molecule has 0 spiro atoms. The van der Waals surface area contributed by atoms with Crippen LogP contribution in [-0.2, 0) is 12.1 Å². The third kappa shape index (κ3) is 5.47. The number of aliphatic hydroxyl groups is 1. The maximum atomic E-state index is 12.9. The van der Waals surface area contributed by atoms with Crippen LogP contribution in [0.5, 0.6) is 5.75 Å². The number of nitrogens with zero attached hydrogens (tertiary/aromatic N) is 1. The van der Waals surface area contributed by atoms with Crippen LogP contribution in [0.1, 0.15) is 35.6 Å². The van der Waals surface area contributed by atoms with E-state index in [1.165, 1.54) is 4.88 Å². The van der Waals surface area contributed by atoms with E-state index in [9.17, 15) is 4.79 Å². The molecule has 6 heteroatoms. The number of amides is 2. The summed E-state index contributed by atoms with van der Waals surface area (Å²) in [5.41, 5.74) is 0.479. The molecule has 1 heterocycles. The van der Waals surface area contributed by atoms with Crippen molar-refractivity contribution in [2.24, 2.45) is 0 Å². The summed E-state index contributed by atoms with van der Waals surface area (Å²) in [6, 6.07) is 11.7. The van der Waals surface area contributed by atoms with Gasteiger partial charge in [0.05, 0.1) is 19.2 Å². The molecular weight excluding hydrogens is 348 g/mol. The van der Waals surface area contributed by atoms with Crippen molar-refractivity contribution < 1.29 is 14.6 Å². The van der Waals surface area contributed by atoms with Crippen LogP contribution in [0.2, 0.25) is 0 Å². The number of urea groups is 1. The molecular formula is C20H28N2O3S. The Morgan fingerprint density at radius 3 is 2.46 bits per heavy atom. The van der Waals surface area contributed by atoms with Crippen LogP contribution in [0.15, 0.2) is 36.4 Å². The molecule has 0 unspecified atom stereocenters. The maximum Gasteiger partial charge on any atom is 0.318 e. The Labute approximate surface area is 159 Å². The van der Waals surface area contributed by atoms with Crippen molar-refractivity contribution >= 4 is 17.4 Å². The highest BCUT2D eigenvalue weighted by atomic mass is 32.1. The summed E-state index contributed by atoms with van der Waals surface area (Å²) in [5.74, 6) is 0.786. The second-order valence-corrected chi connectivity index (χ2v) is 8.17. The molecule has 0 aliphatic rings. The van der Waals surface area contributed by atoms with Crippen LogP contribution in [0, 0.1) is 6.92 Å². The number of nitrogens with one attached hydrogen (secondary N) is 1. The largest absolute Gasteiger partial charge is 0.497 e. The highest BCUT2D eigenvalue weighted by Gasteiger charge is 2.26. The van der Waals surface area contributed by atoms with E-state index >= 15 is 0 Å². The number of carbonyl (C=O) groups is 1. The van der Waals surface area contributed by atoms with Crippen molar-refractivity contribution in [3.8, 4) is 5.75 Å². The molecule has 0 radical (unpaired) electrons. The summed E-state index contributed by atoms with van der Waals surface area (Å²) in [4.78, 5) is 17.0. The van der Waals surface area contributed by atoms with Crippen molar-refractivity contribution in [2.75, 3.05) is 20.3 Å². The summed E-state index contributed by atoms with van der Waals surface area (Å²) in [5, 5.41) is 12.3. The van der Waals surface area contributed by atoms with Crippen molar-refractivity contribution in [1.29, 1.82) is 0 Å². The second-order valence-electron chi connectivity index (χ2n) is 6.79. The van der Waals surface area contributed by atoms with Crippen molar-refractivity contribution in [2.45, 2.75) is 39.3 Å². The minimum absolute atomic E-state index is 0.0646. The Kier molecular flexibility index (Phi) is 7.06. The summed E-state index contributed by atoms with van der Waals surface area (Å²) >= 11 is 1.69. The number of hydrogen-bond acceptors (Lipinski definition) is 4. The lowest BCUT2D eigenvalue weighted by Crippen LogP contribution is -2.48. The molecule has 0 saturated carbocycles. The molecule has 5 nitrogen and oxygen atoms in total. The van der Waals surface area contributed by atoms with E-state index in [1.807, 2.05) is 44.2 Å². The van der Waals surface area contributed by atoms with Gasteiger partial charge in [0.25, 0.3) is 0 Å². The van der Waals surface area contributed by atoms with Gasteiger partial charge in [-0.15, -0.1) is 11.3 Å². The molecule has 0 bridgehead atoms. The first kappa shape index (κ1) is 20.3.